The lowest BCUT2D eigenvalue weighted by atomic mass is 10.2. The average molecular weight is 216 g/mol. The van der Waals surface area contributed by atoms with Gasteiger partial charge in [-0.05, 0) is 40.0 Å². The molecular weight excluding hydrogens is 196 g/mol. The van der Waals surface area contributed by atoms with Gasteiger partial charge in [-0.25, -0.2) is 10.7 Å². The maximum Gasteiger partial charge on any atom is 0.407 e. The van der Waals surface area contributed by atoms with Gasteiger partial charge in [0.2, 0.25) is 0 Å². The van der Waals surface area contributed by atoms with Gasteiger partial charge in [-0.1, -0.05) is 0 Å². The second kappa shape index (κ2) is 4.81. The molecular formula is C10H20N2O3. The van der Waals surface area contributed by atoms with Crippen LogP contribution in [-0.2, 0) is 9.57 Å². The summed E-state index contributed by atoms with van der Waals surface area (Å²) in [6.45, 7) is 5.49. The Morgan fingerprint density at radius 3 is 2.60 bits per heavy atom. The minimum Gasteiger partial charge on any atom is -0.444 e. The Labute approximate surface area is 90.3 Å². The van der Waals surface area contributed by atoms with Gasteiger partial charge < -0.3 is 10.1 Å². The van der Waals surface area contributed by atoms with Crippen LogP contribution in [0.25, 0.3) is 0 Å². The fourth-order valence-corrected chi connectivity index (χ4v) is 1.71. The first-order chi connectivity index (χ1) is 6.92. The molecule has 1 amide bonds. The maximum absolute atomic E-state index is 11.4. The first kappa shape index (κ1) is 12.3. The molecule has 5 nitrogen and oxygen atoms in total. The van der Waals surface area contributed by atoms with Gasteiger partial charge in [0.05, 0.1) is 12.1 Å². The van der Waals surface area contributed by atoms with Crippen molar-refractivity contribution in [1.82, 2.24) is 5.32 Å². The summed E-state index contributed by atoms with van der Waals surface area (Å²) < 4.78 is 5.15. The predicted octanol–water partition coefficient (Wildman–Crippen LogP) is 1.32. The van der Waals surface area contributed by atoms with Gasteiger partial charge in [-0.2, -0.15) is 0 Å². The van der Waals surface area contributed by atoms with E-state index in [1.54, 1.807) is 0 Å². The number of carbonyl (C=O) groups is 1. The van der Waals surface area contributed by atoms with Crippen LogP contribution >= 0.6 is 0 Å². The lowest BCUT2D eigenvalue weighted by molar-refractivity contribution is 0.0237. The SMILES string of the molecule is CC(C)(C)OC(=O)N[C@@H]1CCC[C@@H]1ON. The first-order valence-corrected chi connectivity index (χ1v) is 5.27. The van der Waals surface area contributed by atoms with Crippen molar-refractivity contribution in [3.8, 4) is 0 Å². The molecule has 15 heavy (non-hydrogen) atoms. The summed E-state index contributed by atoms with van der Waals surface area (Å²) in [7, 11) is 0. The molecule has 3 N–H and O–H groups in total. The molecule has 1 fully saturated rings. The average Bonchev–Trinajstić information content (AvgIpc) is 2.48. The summed E-state index contributed by atoms with van der Waals surface area (Å²) in [4.78, 5) is 16.2. The van der Waals surface area contributed by atoms with Crippen LogP contribution in [0.1, 0.15) is 40.0 Å². The summed E-state index contributed by atoms with van der Waals surface area (Å²) in [6, 6.07) is -0.0233. The van der Waals surface area contributed by atoms with E-state index >= 15 is 0 Å². The minimum atomic E-state index is -0.470. The summed E-state index contributed by atoms with van der Waals surface area (Å²) in [5.74, 6) is 5.14. The zero-order valence-electron chi connectivity index (χ0n) is 9.58. The molecule has 1 rings (SSSR count). The monoisotopic (exact) mass is 216 g/mol. The Hall–Kier alpha value is -0.810. The molecule has 1 aliphatic carbocycles. The lowest BCUT2D eigenvalue weighted by Gasteiger charge is -2.23. The van der Waals surface area contributed by atoms with Crippen LogP contribution in [0.2, 0.25) is 0 Å². The van der Waals surface area contributed by atoms with E-state index in [0.29, 0.717) is 0 Å². The topological polar surface area (TPSA) is 73.6 Å². The molecule has 0 heterocycles. The Morgan fingerprint density at radius 1 is 1.40 bits per heavy atom. The van der Waals surface area contributed by atoms with Crippen molar-refractivity contribution in [2.75, 3.05) is 0 Å². The molecule has 0 unspecified atom stereocenters. The van der Waals surface area contributed by atoms with Gasteiger partial charge in [-0.15, -0.1) is 0 Å². The van der Waals surface area contributed by atoms with E-state index in [1.807, 2.05) is 20.8 Å². The molecule has 1 aliphatic rings. The summed E-state index contributed by atoms with van der Waals surface area (Å²) in [5.41, 5.74) is -0.470. The van der Waals surface area contributed by atoms with E-state index in [1.165, 1.54) is 0 Å². The van der Waals surface area contributed by atoms with Crippen LogP contribution in [-0.4, -0.2) is 23.8 Å². The second-order valence-corrected chi connectivity index (χ2v) is 4.86. The molecule has 5 heteroatoms. The predicted molar refractivity (Wildman–Crippen MR) is 56.1 cm³/mol. The Morgan fingerprint density at radius 2 is 2.07 bits per heavy atom. The van der Waals surface area contributed by atoms with Crippen molar-refractivity contribution in [1.29, 1.82) is 0 Å². The van der Waals surface area contributed by atoms with E-state index in [4.69, 9.17) is 15.5 Å². The van der Waals surface area contributed by atoms with Crippen LogP contribution in [0.4, 0.5) is 4.79 Å². The zero-order valence-corrected chi connectivity index (χ0v) is 9.58. The zero-order chi connectivity index (χ0) is 11.5. The number of hydrogen-bond acceptors (Lipinski definition) is 4. The van der Waals surface area contributed by atoms with Crippen molar-refractivity contribution >= 4 is 6.09 Å². The Balaban J connectivity index is 2.37. The number of rotatable bonds is 2. The van der Waals surface area contributed by atoms with Gasteiger partial charge in [0, 0.05) is 0 Å². The molecule has 2 atom stereocenters. The summed E-state index contributed by atoms with van der Waals surface area (Å²) in [6.07, 6.45) is 2.30. The van der Waals surface area contributed by atoms with Crippen molar-refractivity contribution in [3.63, 3.8) is 0 Å². The summed E-state index contributed by atoms with van der Waals surface area (Å²) >= 11 is 0. The van der Waals surface area contributed by atoms with Crippen molar-refractivity contribution in [3.05, 3.63) is 0 Å². The third-order valence-corrected chi connectivity index (χ3v) is 2.33. The highest BCUT2D eigenvalue weighted by molar-refractivity contribution is 5.68. The smallest absolute Gasteiger partial charge is 0.407 e. The van der Waals surface area contributed by atoms with E-state index in [0.717, 1.165) is 19.3 Å². The Bertz CT molecular complexity index is 225. The number of nitrogens with one attached hydrogen (secondary N) is 1. The normalized spacial score (nSPS) is 26.4. The number of amides is 1. The molecule has 0 aromatic rings. The molecule has 0 radical (unpaired) electrons. The molecule has 1 saturated carbocycles. The highest BCUT2D eigenvalue weighted by Crippen LogP contribution is 2.21. The lowest BCUT2D eigenvalue weighted by Crippen LogP contribution is -2.44. The van der Waals surface area contributed by atoms with Crippen LogP contribution in [0.15, 0.2) is 0 Å². The number of nitrogens with two attached hydrogens (primary N) is 1. The fraction of sp³-hybridized carbons (Fsp3) is 0.900. The first-order valence-electron chi connectivity index (χ1n) is 5.27. The largest absolute Gasteiger partial charge is 0.444 e. The molecule has 0 spiro atoms. The van der Waals surface area contributed by atoms with Crippen molar-refractivity contribution < 1.29 is 14.4 Å². The number of ether oxygens (including phenoxy) is 1. The standard InChI is InChI=1S/C10H20N2O3/c1-10(2,3)14-9(13)12-7-5-4-6-8(7)15-11/h7-8H,4-6,11H2,1-3H3,(H,12,13)/t7-,8+/m1/s1. The molecule has 0 aromatic heterocycles. The molecule has 0 saturated heterocycles. The van der Waals surface area contributed by atoms with E-state index in [9.17, 15) is 4.79 Å². The van der Waals surface area contributed by atoms with Crippen LogP contribution in [0, 0.1) is 0 Å². The van der Waals surface area contributed by atoms with Crippen LogP contribution in [0.3, 0.4) is 0 Å². The van der Waals surface area contributed by atoms with Crippen LogP contribution < -0.4 is 11.2 Å². The van der Waals surface area contributed by atoms with Gasteiger partial charge >= 0.3 is 6.09 Å². The van der Waals surface area contributed by atoms with Crippen LogP contribution in [0.5, 0.6) is 0 Å². The van der Waals surface area contributed by atoms with Gasteiger partial charge in [0.15, 0.2) is 0 Å². The van der Waals surface area contributed by atoms with Gasteiger partial charge in [0.25, 0.3) is 0 Å². The maximum atomic E-state index is 11.4. The fourth-order valence-electron chi connectivity index (χ4n) is 1.71. The highest BCUT2D eigenvalue weighted by atomic mass is 16.6. The molecule has 0 bridgehead atoms. The van der Waals surface area contributed by atoms with E-state index in [-0.39, 0.29) is 12.1 Å². The second-order valence-electron chi connectivity index (χ2n) is 4.86. The number of hydrogen-bond donors (Lipinski definition) is 2. The number of alkyl carbamates (subject to hydrolysis) is 1. The quantitative estimate of drug-likeness (QED) is 0.683. The molecule has 0 aromatic carbocycles. The minimum absolute atomic E-state index is 0.0233. The van der Waals surface area contributed by atoms with E-state index in [2.05, 4.69) is 5.32 Å². The van der Waals surface area contributed by atoms with Crippen molar-refractivity contribution in [2.24, 2.45) is 5.90 Å². The number of carbonyl (C=O) groups excluding carboxylic acids is 1. The van der Waals surface area contributed by atoms with Crippen molar-refractivity contribution in [2.45, 2.75) is 57.8 Å². The Kier molecular flexibility index (Phi) is 3.93. The van der Waals surface area contributed by atoms with Gasteiger partial charge in [0.1, 0.15) is 5.60 Å². The van der Waals surface area contributed by atoms with Gasteiger partial charge in [-0.3, -0.25) is 4.84 Å². The third kappa shape index (κ3) is 4.05. The molecule has 0 aliphatic heterocycles. The van der Waals surface area contributed by atoms with E-state index < -0.39 is 11.7 Å². The third-order valence-electron chi connectivity index (χ3n) is 2.33. The highest BCUT2D eigenvalue weighted by Gasteiger charge is 2.30. The molecule has 88 valence electrons. The summed E-state index contributed by atoms with van der Waals surface area (Å²) in [5, 5.41) is 2.77.